The van der Waals surface area contributed by atoms with Gasteiger partial charge in [-0.25, -0.2) is 4.39 Å². The van der Waals surface area contributed by atoms with Gasteiger partial charge in [-0.2, -0.15) is 0 Å². The highest BCUT2D eigenvalue weighted by Crippen LogP contribution is 2.15. The molecular weight excluding hydrogens is 291 g/mol. The first-order chi connectivity index (χ1) is 10.4. The number of rotatable bonds is 7. The van der Waals surface area contributed by atoms with Gasteiger partial charge in [0.05, 0.1) is 5.56 Å². The van der Waals surface area contributed by atoms with E-state index in [4.69, 9.17) is 0 Å². The summed E-state index contributed by atoms with van der Waals surface area (Å²) in [6.45, 7) is 1.73. The highest BCUT2D eigenvalue weighted by molar-refractivity contribution is 6.01. The maximum absolute atomic E-state index is 13.1. The number of hydrogen-bond donors (Lipinski definition) is 1. The number of benzene rings is 1. The first kappa shape index (κ1) is 17.5. The van der Waals surface area contributed by atoms with Gasteiger partial charge >= 0.3 is 0 Å². The number of amides is 3. The van der Waals surface area contributed by atoms with Crippen molar-refractivity contribution in [3.05, 3.63) is 35.1 Å². The van der Waals surface area contributed by atoms with Crippen LogP contribution in [0.15, 0.2) is 18.2 Å². The van der Waals surface area contributed by atoms with Crippen LogP contribution in [-0.2, 0) is 9.59 Å². The zero-order chi connectivity index (χ0) is 16.7. The van der Waals surface area contributed by atoms with E-state index < -0.39 is 17.6 Å². The summed E-state index contributed by atoms with van der Waals surface area (Å²) in [7, 11) is 1.53. The SMILES string of the molecule is CC(CCC(=O)NC=O)N(C)C(=O)c1ccc(F)cc1C=O. The Balaban J connectivity index is 2.77. The highest BCUT2D eigenvalue weighted by Gasteiger charge is 2.21. The van der Waals surface area contributed by atoms with Gasteiger partial charge < -0.3 is 4.90 Å². The third-order valence-electron chi connectivity index (χ3n) is 3.36. The summed E-state index contributed by atoms with van der Waals surface area (Å²) in [6, 6.07) is 3.06. The van der Waals surface area contributed by atoms with Crippen molar-refractivity contribution in [2.75, 3.05) is 7.05 Å². The lowest BCUT2D eigenvalue weighted by Crippen LogP contribution is -2.36. The molecular formula is C15H17FN2O4. The lowest BCUT2D eigenvalue weighted by molar-refractivity contribution is -0.125. The molecule has 0 heterocycles. The van der Waals surface area contributed by atoms with Crippen molar-refractivity contribution in [3.63, 3.8) is 0 Å². The molecule has 3 amide bonds. The first-order valence-electron chi connectivity index (χ1n) is 6.65. The Hall–Kier alpha value is -2.57. The number of nitrogens with one attached hydrogen (secondary N) is 1. The second kappa shape index (κ2) is 8.02. The Morgan fingerprint density at radius 1 is 1.36 bits per heavy atom. The van der Waals surface area contributed by atoms with Crippen LogP contribution in [0.25, 0.3) is 0 Å². The van der Waals surface area contributed by atoms with Gasteiger partial charge in [-0.15, -0.1) is 0 Å². The molecule has 118 valence electrons. The summed E-state index contributed by atoms with van der Waals surface area (Å²) < 4.78 is 13.1. The van der Waals surface area contributed by atoms with Gasteiger partial charge in [-0.1, -0.05) is 0 Å². The second-order valence-corrected chi connectivity index (χ2v) is 4.84. The predicted octanol–water partition coefficient (Wildman–Crippen LogP) is 1.15. The molecule has 0 bridgehead atoms. The third kappa shape index (κ3) is 4.47. The average molecular weight is 308 g/mol. The molecule has 1 aromatic rings. The van der Waals surface area contributed by atoms with E-state index in [9.17, 15) is 23.6 Å². The molecule has 0 saturated carbocycles. The summed E-state index contributed by atoms with van der Waals surface area (Å²) >= 11 is 0. The van der Waals surface area contributed by atoms with E-state index in [2.05, 4.69) is 0 Å². The van der Waals surface area contributed by atoms with Crippen LogP contribution in [0.2, 0.25) is 0 Å². The number of nitrogens with zero attached hydrogens (tertiary/aromatic N) is 1. The predicted molar refractivity (Wildman–Crippen MR) is 76.8 cm³/mol. The molecule has 0 radical (unpaired) electrons. The van der Waals surface area contributed by atoms with Crippen LogP contribution in [0, 0.1) is 5.82 Å². The maximum Gasteiger partial charge on any atom is 0.254 e. The molecule has 0 aliphatic rings. The summed E-state index contributed by atoms with van der Waals surface area (Å²) in [4.78, 5) is 46.0. The molecule has 1 aromatic carbocycles. The van der Waals surface area contributed by atoms with Crippen LogP contribution < -0.4 is 5.32 Å². The van der Waals surface area contributed by atoms with E-state index in [1.54, 1.807) is 6.92 Å². The fourth-order valence-electron chi connectivity index (χ4n) is 1.89. The Morgan fingerprint density at radius 2 is 2.05 bits per heavy atom. The van der Waals surface area contributed by atoms with Gasteiger partial charge in [-0.3, -0.25) is 24.5 Å². The summed E-state index contributed by atoms with van der Waals surface area (Å²) in [5, 5.41) is 2.01. The van der Waals surface area contributed by atoms with Crippen molar-refractivity contribution in [1.29, 1.82) is 0 Å². The molecule has 0 aliphatic heterocycles. The van der Waals surface area contributed by atoms with Crippen molar-refractivity contribution in [3.8, 4) is 0 Å². The maximum atomic E-state index is 13.1. The largest absolute Gasteiger partial charge is 0.339 e. The zero-order valence-corrected chi connectivity index (χ0v) is 12.3. The van der Waals surface area contributed by atoms with Gasteiger partial charge in [0.25, 0.3) is 5.91 Å². The van der Waals surface area contributed by atoms with Crippen LogP contribution in [0.3, 0.4) is 0 Å². The van der Waals surface area contributed by atoms with Gasteiger partial charge in [0, 0.05) is 25.1 Å². The molecule has 0 saturated heterocycles. The molecule has 1 unspecified atom stereocenters. The lowest BCUT2D eigenvalue weighted by atomic mass is 10.1. The van der Waals surface area contributed by atoms with Crippen molar-refractivity contribution in [1.82, 2.24) is 10.2 Å². The first-order valence-corrected chi connectivity index (χ1v) is 6.65. The number of carbonyl (C=O) groups excluding carboxylic acids is 4. The molecule has 1 N–H and O–H groups in total. The monoisotopic (exact) mass is 308 g/mol. The fourth-order valence-corrected chi connectivity index (χ4v) is 1.89. The molecule has 0 aromatic heterocycles. The Morgan fingerprint density at radius 3 is 2.64 bits per heavy atom. The van der Waals surface area contributed by atoms with Crippen LogP contribution in [0.1, 0.15) is 40.5 Å². The summed E-state index contributed by atoms with van der Waals surface area (Å²) in [5.74, 6) is -1.47. The van der Waals surface area contributed by atoms with E-state index in [-0.39, 0.29) is 23.6 Å². The van der Waals surface area contributed by atoms with Crippen LogP contribution in [0.4, 0.5) is 4.39 Å². The van der Waals surface area contributed by atoms with Crippen LogP contribution in [0.5, 0.6) is 0 Å². The molecule has 0 fully saturated rings. The van der Waals surface area contributed by atoms with Crippen LogP contribution in [-0.4, -0.2) is 42.5 Å². The van der Waals surface area contributed by atoms with Crippen molar-refractivity contribution in [2.24, 2.45) is 0 Å². The van der Waals surface area contributed by atoms with Gasteiger partial charge in [0.15, 0.2) is 6.29 Å². The van der Waals surface area contributed by atoms with E-state index in [0.717, 1.165) is 12.1 Å². The molecule has 0 aliphatic carbocycles. The lowest BCUT2D eigenvalue weighted by Gasteiger charge is -2.25. The number of aldehydes is 1. The standard InChI is InChI=1S/C15H17FN2O4/c1-10(3-6-14(21)17-9-20)18(2)15(22)13-5-4-12(16)7-11(13)8-19/h4-5,7-10H,3,6H2,1-2H3,(H,17,20,21). The summed E-state index contributed by atoms with van der Waals surface area (Å²) in [6.07, 6.45) is 1.16. The minimum absolute atomic E-state index is 0.0252. The van der Waals surface area contributed by atoms with Crippen molar-refractivity contribution < 1.29 is 23.6 Å². The molecule has 1 rings (SSSR count). The van der Waals surface area contributed by atoms with Gasteiger partial charge in [0.2, 0.25) is 12.3 Å². The van der Waals surface area contributed by atoms with Gasteiger partial charge in [0.1, 0.15) is 5.82 Å². The average Bonchev–Trinajstić information content (AvgIpc) is 2.51. The topological polar surface area (TPSA) is 83.6 Å². The third-order valence-corrected chi connectivity index (χ3v) is 3.36. The van der Waals surface area contributed by atoms with E-state index in [1.165, 1.54) is 18.0 Å². The highest BCUT2D eigenvalue weighted by atomic mass is 19.1. The Kier molecular flexibility index (Phi) is 6.37. The number of carbonyl (C=O) groups is 4. The quantitative estimate of drug-likeness (QED) is 0.766. The number of halogens is 1. The van der Waals surface area contributed by atoms with Crippen molar-refractivity contribution in [2.45, 2.75) is 25.8 Å². The van der Waals surface area contributed by atoms with E-state index >= 15 is 0 Å². The Bertz CT molecular complexity index is 589. The minimum atomic E-state index is -0.597. The molecule has 6 nitrogen and oxygen atoms in total. The smallest absolute Gasteiger partial charge is 0.254 e. The zero-order valence-electron chi connectivity index (χ0n) is 12.3. The number of imide groups is 1. The summed E-state index contributed by atoms with van der Waals surface area (Å²) in [5.41, 5.74) is 0.0749. The molecule has 7 heteroatoms. The van der Waals surface area contributed by atoms with E-state index in [0.29, 0.717) is 19.1 Å². The van der Waals surface area contributed by atoms with Crippen molar-refractivity contribution >= 4 is 24.5 Å². The molecule has 1 atom stereocenters. The Labute approximate surface area is 127 Å². The minimum Gasteiger partial charge on any atom is -0.339 e. The molecule has 22 heavy (non-hydrogen) atoms. The molecule has 0 spiro atoms. The van der Waals surface area contributed by atoms with Gasteiger partial charge in [-0.05, 0) is 31.5 Å². The second-order valence-electron chi connectivity index (χ2n) is 4.84. The van der Waals surface area contributed by atoms with E-state index in [1.807, 2.05) is 5.32 Å². The normalized spacial score (nSPS) is 11.4. The fraction of sp³-hybridized carbons (Fsp3) is 0.333. The van der Waals surface area contributed by atoms with Crippen LogP contribution >= 0.6 is 0 Å². The number of hydrogen-bond acceptors (Lipinski definition) is 4.